The minimum atomic E-state index is -1.86. The van der Waals surface area contributed by atoms with Crippen LogP contribution in [0.15, 0.2) is 50.2 Å². The Morgan fingerprint density at radius 2 is 1.76 bits per heavy atom. The van der Waals surface area contributed by atoms with Crippen molar-refractivity contribution in [3.05, 3.63) is 57.0 Å². The number of aliphatic hydroxyl groups excluding tert-OH is 5. The molecule has 42 heavy (non-hydrogen) atoms. The fourth-order valence-corrected chi connectivity index (χ4v) is 4.61. The molecule has 0 aliphatic carbocycles. The number of aryl methyl sites for hydroxylation is 1. The second-order valence-corrected chi connectivity index (χ2v) is 9.96. The Hall–Kier alpha value is -4.27. The predicted molar refractivity (Wildman–Crippen MR) is 147 cm³/mol. The number of carbonyl (C=O) groups is 1. The lowest BCUT2D eigenvalue weighted by Gasteiger charge is -2.23. The number of hydrazone groups is 1. The molecular weight excluding hydrogens is 576 g/mol. The molecule has 19 heteroatoms. The SMILES string of the molecule is Cn1c(=O)c2c(nnn2Cc2nnc(SCC(=O)N/N=C/[C@H](O)[C@@H](O)[C@H](O)[C@H](O)CO)n2-c2ccccc2)n(C)c1=O. The molecule has 6 N–H and O–H groups in total. The van der Waals surface area contributed by atoms with Gasteiger partial charge in [-0.15, -0.1) is 15.3 Å². The Balaban J connectivity index is 1.52. The third-order valence-electron chi connectivity index (χ3n) is 6.15. The lowest BCUT2D eigenvalue weighted by molar-refractivity contribution is -0.118. The minimum Gasteiger partial charge on any atom is -0.394 e. The summed E-state index contributed by atoms with van der Waals surface area (Å²) in [5.74, 6) is -0.447. The molecule has 0 aliphatic rings. The Morgan fingerprint density at radius 3 is 2.45 bits per heavy atom. The van der Waals surface area contributed by atoms with Crippen molar-refractivity contribution in [1.29, 1.82) is 0 Å². The number of hydrogen-bond donors (Lipinski definition) is 6. The summed E-state index contributed by atoms with van der Waals surface area (Å²) in [6, 6.07) is 8.98. The van der Waals surface area contributed by atoms with E-state index in [4.69, 9.17) is 5.11 Å². The number of fused-ring (bicyclic) bond motifs is 1. The van der Waals surface area contributed by atoms with Gasteiger partial charge >= 0.3 is 5.69 Å². The number of para-hydroxylation sites is 1. The third-order valence-corrected chi connectivity index (χ3v) is 7.08. The fraction of sp³-hybridized carbons (Fsp3) is 0.391. The van der Waals surface area contributed by atoms with Crippen molar-refractivity contribution in [3.8, 4) is 5.69 Å². The van der Waals surface area contributed by atoms with Gasteiger partial charge in [-0.05, 0) is 12.1 Å². The van der Waals surface area contributed by atoms with Gasteiger partial charge in [0, 0.05) is 19.8 Å². The Kier molecular flexibility index (Phi) is 9.60. The number of nitrogens with one attached hydrogen (secondary N) is 1. The van der Waals surface area contributed by atoms with Crippen molar-refractivity contribution in [3.63, 3.8) is 0 Å². The average Bonchev–Trinajstić information content (AvgIpc) is 3.61. The van der Waals surface area contributed by atoms with Crippen LogP contribution in [0.25, 0.3) is 16.9 Å². The third kappa shape index (κ3) is 6.30. The molecule has 0 radical (unpaired) electrons. The molecule has 0 spiro atoms. The van der Waals surface area contributed by atoms with Gasteiger partial charge in [0.1, 0.15) is 31.0 Å². The Bertz CT molecular complexity index is 1700. The molecule has 1 amide bonds. The van der Waals surface area contributed by atoms with Crippen LogP contribution in [0.3, 0.4) is 0 Å². The van der Waals surface area contributed by atoms with Crippen LogP contribution in [0.5, 0.6) is 0 Å². The topological polar surface area (TPSA) is 248 Å². The minimum absolute atomic E-state index is 0.0417. The highest BCUT2D eigenvalue weighted by atomic mass is 32.2. The molecule has 0 fully saturated rings. The van der Waals surface area contributed by atoms with Crippen LogP contribution in [-0.4, -0.2) is 113 Å². The lowest BCUT2D eigenvalue weighted by Crippen LogP contribution is -2.46. The van der Waals surface area contributed by atoms with Crippen molar-refractivity contribution >= 4 is 35.0 Å². The highest BCUT2D eigenvalue weighted by Gasteiger charge is 2.29. The maximum atomic E-state index is 12.8. The van der Waals surface area contributed by atoms with Gasteiger partial charge in [-0.2, -0.15) is 5.10 Å². The van der Waals surface area contributed by atoms with Crippen molar-refractivity contribution < 1.29 is 30.3 Å². The monoisotopic (exact) mass is 604 g/mol. The Morgan fingerprint density at radius 1 is 1.05 bits per heavy atom. The Labute approximate surface area is 240 Å². The van der Waals surface area contributed by atoms with E-state index < -0.39 is 48.2 Å². The van der Waals surface area contributed by atoms with Crippen LogP contribution in [0.2, 0.25) is 0 Å². The van der Waals surface area contributed by atoms with Crippen LogP contribution in [0, 0.1) is 0 Å². The largest absolute Gasteiger partial charge is 0.394 e. The molecule has 3 aromatic heterocycles. The number of amides is 1. The van der Waals surface area contributed by atoms with E-state index in [9.17, 15) is 34.8 Å². The summed E-state index contributed by atoms with van der Waals surface area (Å²) in [4.78, 5) is 37.5. The number of thioether (sulfide) groups is 1. The van der Waals surface area contributed by atoms with Gasteiger partial charge in [0.15, 0.2) is 22.1 Å². The quantitative estimate of drug-likeness (QED) is 0.0515. The molecule has 224 valence electrons. The standard InChI is InChI=1S/C23H28N10O8S/c1-30-20-17(21(40)31(2)23(30)41)32(29-27-20)9-15-25-28-22(33(15)12-6-4-3-5-7-12)42-11-16(37)26-24-8-13(35)18(38)19(39)14(36)10-34/h3-8,13-14,18-19,34-36,38-39H,9-11H2,1-2H3,(H,26,37)/b24-8+/t13-,14+,18+,19+/m0/s1. The highest BCUT2D eigenvalue weighted by Crippen LogP contribution is 2.23. The van der Waals surface area contributed by atoms with Gasteiger partial charge in [0.2, 0.25) is 0 Å². The number of benzene rings is 1. The zero-order valence-electron chi connectivity index (χ0n) is 22.3. The molecule has 18 nitrogen and oxygen atoms in total. The number of rotatable bonds is 12. The first-order valence-electron chi connectivity index (χ1n) is 12.3. The van der Waals surface area contributed by atoms with Crippen molar-refractivity contribution in [2.45, 2.75) is 36.1 Å². The van der Waals surface area contributed by atoms with E-state index in [1.807, 2.05) is 6.07 Å². The normalized spacial score (nSPS) is 14.7. The van der Waals surface area contributed by atoms with Crippen molar-refractivity contribution in [1.82, 2.24) is 44.3 Å². The average molecular weight is 605 g/mol. The molecule has 3 heterocycles. The molecule has 0 unspecified atom stereocenters. The first kappa shape index (κ1) is 30.7. The summed E-state index contributed by atoms with van der Waals surface area (Å²) in [7, 11) is 2.83. The summed E-state index contributed by atoms with van der Waals surface area (Å²) in [6.07, 6.45) is -6.37. The second-order valence-electron chi connectivity index (χ2n) is 9.02. The van der Waals surface area contributed by atoms with Gasteiger partial charge in [0.05, 0.1) is 18.6 Å². The van der Waals surface area contributed by atoms with Gasteiger partial charge in [-0.25, -0.2) is 14.9 Å². The number of hydrogen-bond acceptors (Lipinski definition) is 14. The van der Waals surface area contributed by atoms with E-state index in [0.717, 1.165) is 22.5 Å². The predicted octanol–water partition coefficient (Wildman–Crippen LogP) is -3.91. The van der Waals surface area contributed by atoms with E-state index in [1.54, 1.807) is 28.8 Å². The van der Waals surface area contributed by atoms with E-state index in [1.165, 1.54) is 23.3 Å². The van der Waals surface area contributed by atoms with Gasteiger partial charge in [-0.1, -0.05) is 35.2 Å². The maximum Gasteiger partial charge on any atom is 0.332 e. The summed E-state index contributed by atoms with van der Waals surface area (Å²) in [6.45, 7) is -0.875. The van der Waals surface area contributed by atoms with Crippen LogP contribution >= 0.6 is 11.8 Å². The highest BCUT2D eigenvalue weighted by molar-refractivity contribution is 7.99. The van der Waals surface area contributed by atoms with Gasteiger partial charge in [0.25, 0.3) is 11.5 Å². The van der Waals surface area contributed by atoms with Crippen LogP contribution < -0.4 is 16.7 Å². The van der Waals surface area contributed by atoms with E-state index in [-0.39, 0.29) is 23.5 Å². The summed E-state index contributed by atoms with van der Waals surface area (Å²) < 4.78 is 5.14. The number of aromatic nitrogens is 8. The molecule has 0 aliphatic heterocycles. The zero-order chi connectivity index (χ0) is 30.6. The van der Waals surface area contributed by atoms with Crippen LogP contribution in [0.4, 0.5) is 0 Å². The molecule has 4 rings (SSSR count). The molecule has 4 aromatic rings. The number of carbonyl (C=O) groups excluding carboxylic acids is 1. The van der Waals surface area contributed by atoms with Crippen molar-refractivity contribution in [2.75, 3.05) is 12.4 Å². The molecular formula is C23H28N10O8S. The molecule has 4 atom stereocenters. The van der Waals surface area contributed by atoms with Gasteiger partial charge in [-0.3, -0.25) is 23.3 Å². The van der Waals surface area contributed by atoms with E-state index in [0.29, 0.717) is 16.7 Å². The number of nitrogens with zero attached hydrogens (tertiary/aromatic N) is 9. The summed E-state index contributed by atoms with van der Waals surface area (Å²) in [5, 5.41) is 67.8. The zero-order valence-corrected chi connectivity index (χ0v) is 23.1. The first-order chi connectivity index (χ1) is 20.0. The second kappa shape index (κ2) is 13.1. The summed E-state index contributed by atoms with van der Waals surface area (Å²) in [5.41, 5.74) is 1.91. The molecule has 1 aromatic carbocycles. The molecule has 0 saturated carbocycles. The molecule has 0 bridgehead atoms. The van der Waals surface area contributed by atoms with Crippen molar-refractivity contribution in [2.24, 2.45) is 19.2 Å². The fourth-order valence-electron chi connectivity index (χ4n) is 3.85. The number of aliphatic hydroxyl groups is 5. The van der Waals surface area contributed by atoms with E-state index >= 15 is 0 Å². The molecule has 0 saturated heterocycles. The van der Waals surface area contributed by atoms with Gasteiger partial charge < -0.3 is 25.5 Å². The van der Waals surface area contributed by atoms with Crippen LogP contribution in [-0.2, 0) is 25.4 Å². The van der Waals surface area contributed by atoms with E-state index in [2.05, 4.69) is 31.0 Å². The summed E-state index contributed by atoms with van der Waals surface area (Å²) >= 11 is 1.01. The van der Waals surface area contributed by atoms with Crippen LogP contribution in [0.1, 0.15) is 5.82 Å². The maximum absolute atomic E-state index is 12.8. The lowest BCUT2D eigenvalue weighted by atomic mass is 10.0. The smallest absolute Gasteiger partial charge is 0.332 e. The first-order valence-corrected chi connectivity index (χ1v) is 13.3.